The zero-order valence-corrected chi connectivity index (χ0v) is 12.2. The summed E-state index contributed by atoms with van der Waals surface area (Å²) in [4.78, 5) is 23.6. The number of esters is 1. The summed E-state index contributed by atoms with van der Waals surface area (Å²) in [6, 6.07) is 8.75. The van der Waals surface area contributed by atoms with Crippen molar-refractivity contribution in [2.24, 2.45) is 0 Å². The van der Waals surface area contributed by atoms with Crippen LogP contribution in [0.2, 0.25) is 0 Å². The number of hydrogen-bond acceptors (Lipinski definition) is 3. The second-order valence-electron chi connectivity index (χ2n) is 5.49. The van der Waals surface area contributed by atoms with Crippen LogP contribution in [0.15, 0.2) is 43.0 Å². The van der Waals surface area contributed by atoms with Crippen LogP contribution in [0, 0.1) is 0 Å². The van der Waals surface area contributed by atoms with Crippen molar-refractivity contribution >= 4 is 11.9 Å². The normalized spacial score (nSPS) is 12.3. The van der Waals surface area contributed by atoms with E-state index in [9.17, 15) is 9.59 Å². The molecule has 0 unspecified atom stereocenters. The number of amides is 1. The van der Waals surface area contributed by atoms with Gasteiger partial charge in [0.2, 0.25) is 5.91 Å². The summed E-state index contributed by atoms with van der Waals surface area (Å²) in [6.07, 6.45) is 1.53. The first-order chi connectivity index (χ1) is 9.31. The second kappa shape index (κ2) is 6.89. The van der Waals surface area contributed by atoms with Crippen LogP contribution in [0.3, 0.4) is 0 Å². The quantitative estimate of drug-likeness (QED) is 0.662. The van der Waals surface area contributed by atoms with E-state index in [1.165, 1.54) is 0 Å². The van der Waals surface area contributed by atoms with Gasteiger partial charge in [-0.15, -0.1) is 0 Å². The molecule has 1 N–H and O–H groups in total. The minimum absolute atomic E-state index is 0.384. The summed E-state index contributed by atoms with van der Waals surface area (Å²) >= 11 is 0. The molecule has 0 heterocycles. The lowest BCUT2D eigenvalue weighted by molar-refractivity contribution is -0.158. The van der Waals surface area contributed by atoms with Crippen LogP contribution in [-0.4, -0.2) is 23.5 Å². The van der Waals surface area contributed by atoms with Crippen LogP contribution in [-0.2, 0) is 20.7 Å². The molecule has 0 aliphatic rings. The molecule has 0 radical (unpaired) electrons. The fourth-order valence-electron chi connectivity index (χ4n) is 1.65. The third kappa shape index (κ3) is 5.69. The topological polar surface area (TPSA) is 55.4 Å². The fraction of sp³-hybridized carbons (Fsp3) is 0.375. The van der Waals surface area contributed by atoms with Gasteiger partial charge < -0.3 is 10.1 Å². The molecule has 1 atom stereocenters. The van der Waals surface area contributed by atoms with Crippen LogP contribution in [0.1, 0.15) is 26.3 Å². The van der Waals surface area contributed by atoms with Crippen LogP contribution in [0.4, 0.5) is 0 Å². The number of rotatable bonds is 5. The van der Waals surface area contributed by atoms with E-state index in [4.69, 9.17) is 4.74 Å². The Bertz CT molecular complexity index is 474. The largest absolute Gasteiger partial charge is 0.458 e. The number of ether oxygens (including phenoxy) is 1. The predicted molar refractivity (Wildman–Crippen MR) is 78.1 cm³/mol. The average molecular weight is 275 g/mol. The van der Waals surface area contributed by atoms with Gasteiger partial charge in [-0.3, -0.25) is 4.79 Å². The molecular weight excluding hydrogens is 254 g/mol. The predicted octanol–water partition coefficient (Wildman–Crippen LogP) is 2.24. The van der Waals surface area contributed by atoms with E-state index in [1.54, 1.807) is 20.8 Å². The molecule has 0 spiro atoms. The van der Waals surface area contributed by atoms with Crippen molar-refractivity contribution in [1.82, 2.24) is 5.32 Å². The highest BCUT2D eigenvalue weighted by atomic mass is 16.6. The van der Waals surface area contributed by atoms with Gasteiger partial charge >= 0.3 is 5.97 Å². The number of carbonyl (C=O) groups excluding carboxylic acids is 2. The van der Waals surface area contributed by atoms with E-state index in [-0.39, 0.29) is 0 Å². The van der Waals surface area contributed by atoms with Gasteiger partial charge in [0.25, 0.3) is 0 Å². The highest BCUT2D eigenvalue weighted by Crippen LogP contribution is 2.11. The molecule has 1 amide bonds. The first-order valence-corrected chi connectivity index (χ1v) is 6.51. The summed E-state index contributed by atoms with van der Waals surface area (Å²) in [7, 11) is 0. The van der Waals surface area contributed by atoms with Crippen molar-refractivity contribution in [2.75, 3.05) is 0 Å². The Labute approximate surface area is 119 Å². The molecule has 0 fully saturated rings. The Morgan fingerprint density at radius 1 is 1.30 bits per heavy atom. The first-order valence-electron chi connectivity index (χ1n) is 6.51. The molecule has 1 aromatic rings. The van der Waals surface area contributed by atoms with E-state index >= 15 is 0 Å². The van der Waals surface area contributed by atoms with Crippen LogP contribution in [0.5, 0.6) is 0 Å². The number of hydrogen-bond donors (Lipinski definition) is 1. The molecule has 0 bridgehead atoms. The number of nitrogens with one attached hydrogen (secondary N) is 1. The van der Waals surface area contributed by atoms with Crippen LogP contribution >= 0.6 is 0 Å². The molecule has 0 aromatic heterocycles. The summed E-state index contributed by atoms with van der Waals surface area (Å²) in [5, 5.41) is 2.61. The van der Waals surface area contributed by atoms with Gasteiger partial charge in [0.1, 0.15) is 11.6 Å². The fourth-order valence-corrected chi connectivity index (χ4v) is 1.65. The summed E-state index contributed by atoms with van der Waals surface area (Å²) in [6.45, 7) is 8.76. The summed E-state index contributed by atoms with van der Waals surface area (Å²) in [5.74, 6) is -0.839. The SMILES string of the molecule is C=CC(=O)N[C@H](Cc1ccccc1)C(=O)OC(C)(C)C. The van der Waals surface area contributed by atoms with Gasteiger partial charge in [-0.25, -0.2) is 4.79 Å². The van der Waals surface area contributed by atoms with Crippen LogP contribution < -0.4 is 5.32 Å². The maximum atomic E-state index is 12.1. The van der Waals surface area contributed by atoms with E-state index in [0.717, 1.165) is 11.6 Å². The number of carbonyl (C=O) groups is 2. The molecule has 1 aromatic carbocycles. The average Bonchev–Trinajstić information content (AvgIpc) is 2.37. The van der Waals surface area contributed by atoms with E-state index in [2.05, 4.69) is 11.9 Å². The molecule has 0 aliphatic carbocycles. The highest BCUT2D eigenvalue weighted by molar-refractivity contribution is 5.91. The van der Waals surface area contributed by atoms with Gasteiger partial charge in [-0.1, -0.05) is 36.9 Å². The standard InChI is InChI=1S/C16H21NO3/c1-5-14(18)17-13(15(19)20-16(2,3)4)11-12-9-7-6-8-10-12/h5-10,13H,1,11H2,2-4H3,(H,17,18)/t13-/m1/s1. The Morgan fingerprint density at radius 2 is 1.90 bits per heavy atom. The Kier molecular flexibility index (Phi) is 5.50. The Morgan fingerprint density at radius 3 is 2.40 bits per heavy atom. The zero-order valence-electron chi connectivity index (χ0n) is 12.2. The van der Waals surface area contributed by atoms with Crippen molar-refractivity contribution in [3.05, 3.63) is 48.6 Å². The van der Waals surface area contributed by atoms with Gasteiger partial charge in [-0.05, 0) is 32.4 Å². The molecule has 20 heavy (non-hydrogen) atoms. The van der Waals surface area contributed by atoms with E-state index in [0.29, 0.717) is 6.42 Å². The minimum atomic E-state index is -0.720. The monoisotopic (exact) mass is 275 g/mol. The van der Waals surface area contributed by atoms with Crippen molar-refractivity contribution < 1.29 is 14.3 Å². The van der Waals surface area contributed by atoms with Crippen molar-refractivity contribution in [1.29, 1.82) is 0 Å². The maximum Gasteiger partial charge on any atom is 0.329 e. The van der Waals surface area contributed by atoms with Gasteiger partial charge in [0.15, 0.2) is 0 Å². The smallest absolute Gasteiger partial charge is 0.329 e. The molecule has 4 nitrogen and oxygen atoms in total. The molecule has 4 heteroatoms. The minimum Gasteiger partial charge on any atom is -0.458 e. The van der Waals surface area contributed by atoms with Gasteiger partial charge in [-0.2, -0.15) is 0 Å². The lowest BCUT2D eigenvalue weighted by Gasteiger charge is -2.24. The zero-order chi connectivity index (χ0) is 15.2. The third-order valence-corrected chi connectivity index (χ3v) is 2.48. The summed E-state index contributed by atoms with van der Waals surface area (Å²) in [5.41, 5.74) is 0.359. The lowest BCUT2D eigenvalue weighted by Crippen LogP contribution is -2.45. The molecule has 0 aliphatic heterocycles. The second-order valence-corrected chi connectivity index (χ2v) is 5.49. The van der Waals surface area contributed by atoms with Crippen molar-refractivity contribution in [2.45, 2.75) is 38.8 Å². The third-order valence-electron chi connectivity index (χ3n) is 2.48. The van der Waals surface area contributed by atoms with Gasteiger partial charge in [0.05, 0.1) is 0 Å². The molecular formula is C16H21NO3. The molecule has 1 rings (SSSR count). The molecule has 0 saturated heterocycles. The van der Waals surface area contributed by atoms with Crippen molar-refractivity contribution in [3.8, 4) is 0 Å². The van der Waals surface area contributed by atoms with Crippen molar-refractivity contribution in [3.63, 3.8) is 0 Å². The van der Waals surface area contributed by atoms with Crippen LogP contribution in [0.25, 0.3) is 0 Å². The van der Waals surface area contributed by atoms with E-state index in [1.807, 2.05) is 30.3 Å². The van der Waals surface area contributed by atoms with Gasteiger partial charge in [0, 0.05) is 6.42 Å². The number of benzene rings is 1. The summed E-state index contributed by atoms with van der Waals surface area (Å²) < 4.78 is 5.33. The first kappa shape index (κ1) is 16.0. The van der Waals surface area contributed by atoms with E-state index < -0.39 is 23.5 Å². The Balaban J connectivity index is 2.82. The highest BCUT2D eigenvalue weighted by Gasteiger charge is 2.26. The maximum absolute atomic E-state index is 12.1. The lowest BCUT2D eigenvalue weighted by atomic mass is 10.1. The molecule has 0 saturated carbocycles. The Hall–Kier alpha value is -2.10. The molecule has 108 valence electrons.